The lowest BCUT2D eigenvalue weighted by atomic mass is 10.00. The number of aryl methyl sites for hydroxylation is 1. The highest BCUT2D eigenvalue weighted by atomic mass is 35.5. The van der Waals surface area contributed by atoms with Gasteiger partial charge in [0.25, 0.3) is 0 Å². The van der Waals surface area contributed by atoms with E-state index in [9.17, 15) is 0 Å². The summed E-state index contributed by atoms with van der Waals surface area (Å²) in [6.45, 7) is 6.95. The molecule has 104 valence electrons. The van der Waals surface area contributed by atoms with Crippen LogP contribution < -0.4 is 10.5 Å². The van der Waals surface area contributed by atoms with Gasteiger partial charge in [-0.2, -0.15) is 0 Å². The van der Waals surface area contributed by atoms with Gasteiger partial charge < -0.3 is 10.5 Å². The summed E-state index contributed by atoms with van der Waals surface area (Å²) in [4.78, 5) is 0. The summed E-state index contributed by atoms with van der Waals surface area (Å²) in [6, 6.07) is 4.19. The third-order valence-corrected chi connectivity index (χ3v) is 3.15. The Labute approximate surface area is 121 Å². The van der Waals surface area contributed by atoms with E-state index in [1.807, 2.05) is 12.1 Å². The quantitative estimate of drug-likeness (QED) is 0.855. The van der Waals surface area contributed by atoms with Crippen LogP contribution in [0, 0.1) is 6.92 Å². The van der Waals surface area contributed by atoms with Gasteiger partial charge in [0.1, 0.15) is 5.75 Å². The largest absolute Gasteiger partial charge is 0.492 e. The van der Waals surface area contributed by atoms with Crippen LogP contribution in [0.1, 0.15) is 37.8 Å². The summed E-state index contributed by atoms with van der Waals surface area (Å²) in [5.41, 5.74) is 8.38. The first-order valence-corrected chi connectivity index (χ1v) is 6.63. The molecule has 2 nitrogen and oxygen atoms in total. The predicted molar refractivity (Wildman–Crippen MR) is 81.2 cm³/mol. The van der Waals surface area contributed by atoms with Crippen LogP contribution >= 0.6 is 24.0 Å². The van der Waals surface area contributed by atoms with E-state index >= 15 is 0 Å². The minimum Gasteiger partial charge on any atom is -0.492 e. The van der Waals surface area contributed by atoms with Gasteiger partial charge in [0.05, 0.1) is 11.6 Å². The van der Waals surface area contributed by atoms with Gasteiger partial charge in [-0.05, 0) is 49.4 Å². The highest BCUT2D eigenvalue weighted by Gasteiger charge is 2.09. The molecule has 1 rings (SSSR count). The number of hydrogen-bond donors (Lipinski definition) is 1. The number of halogens is 2. The second kappa shape index (κ2) is 8.63. The Kier molecular flexibility index (Phi) is 8.41. The van der Waals surface area contributed by atoms with Crippen LogP contribution in [-0.2, 0) is 6.42 Å². The summed E-state index contributed by atoms with van der Waals surface area (Å²) in [5.74, 6) is 0.778. The number of benzene rings is 1. The van der Waals surface area contributed by atoms with Gasteiger partial charge in [0, 0.05) is 6.04 Å². The van der Waals surface area contributed by atoms with Crippen LogP contribution in [0.25, 0.3) is 0 Å². The molecular formula is C14H23Cl2NO. The molecule has 1 atom stereocenters. The van der Waals surface area contributed by atoms with Crippen molar-refractivity contribution in [3.63, 3.8) is 0 Å². The molecular weight excluding hydrogens is 269 g/mol. The Bertz CT molecular complexity index is 369. The van der Waals surface area contributed by atoms with Crippen LogP contribution in [0.2, 0.25) is 5.02 Å². The van der Waals surface area contributed by atoms with Crippen LogP contribution in [0.3, 0.4) is 0 Å². The second-order valence-corrected chi connectivity index (χ2v) is 4.84. The minimum atomic E-state index is 0. The zero-order valence-corrected chi connectivity index (χ0v) is 12.9. The lowest BCUT2D eigenvalue weighted by Gasteiger charge is -2.14. The summed E-state index contributed by atoms with van der Waals surface area (Å²) < 4.78 is 5.59. The smallest absolute Gasteiger partial charge is 0.138 e. The maximum atomic E-state index is 6.20. The summed E-state index contributed by atoms with van der Waals surface area (Å²) in [6.07, 6.45) is 2.83. The molecule has 1 aromatic rings. The zero-order valence-electron chi connectivity index (χ0n) is 11.3. The van der Waals surface area contributed by atoms with Crippen molar-refractivity contribution in [3.8, 4) is 5.75 Å². The third kappa shape index (κ3) is 5.05. The molecule has 0 heterocycles. The first-order chi connectivity index (χ1) is 8.08. The highest BCUT2D eigenvalue weighted by molar-refractivity contribution is 6.32. The molecule has 0 aliphatic heterocycles. The van der Waals surface area contributed by atoms with E-state index in [1.54, 1.807) is 0 Å². The number of ether oxygens (including phenoxy) is 1. The average molecular weight is 292 g/mol. The van der Waals surface area contributed by atoms with E-state index in [-0.39, 0.29) is 18.4 Å². The molecule has 0 radical (unpaired) electrons. The van der Waals surface area contributed by atoms with Gasteiger partial charge in [0.15, 0.2) is 0 Å². The molecule has 4 heteroatoms. The van der Waals surface area contributed by atoms with Crippen molar-refractivity contribution in [2.45, 2.75) is 46.1 Å². The van der Waals surface area contributed by atoms with Crippen LogP contribution in [0.4, 0.5) is 0 Å². The van der Waals surface area contributed by atoms with E-state index < -0.39 is 0 Å². The normalized spacial score (nSPS) is 11.8. The van der Waals surface area contributed by atoms with Crippen molar-refractivity contribution in [2.75, 3.05) is 6.61 Å². The van der Waals surface area contributed by atoms with Crippen molar-refractivity contribution in [2.24, 2.45) is 5.73 Å². The van der Waals surface area contributed by atoms with E-state index in [2.05, 4.69) is 20.8 Å². The second-order valence-electron chi connectivity index (χ2n) is 4.43. The van der Waals surface area contributed by atoms with E-state index in [1.165, 1.54) is 11.1 Å². The Morgan fingerprint density at radius 1 is 1.33 bits per heavy atom. The molecule has 1 unspecified atom stereocenters. The Balaban J connectivity index is 0.00000289. The Hall–Kier alpha value is -0.440. The lowest BCUT2D eigenvalue weighted by Crippen LogP contribution is -2.21. The van der Waals surface area contributed by atoms with Crippen molar-refractivity contribution in [1.29, 1.82) is 0 Å². The van der Waals surface area contributed by atoms with Crippen LogP contribution in [0.15, 0.2) is 12.1 Å². The van der Waals surface area contributed by atoms with Gasteiger partial charge >= 0.3 is 0 Å². The molecule has 0 aliphatic rings. The summed E-state index contributed by atoms with van der Waals surface area (Å²) in [7, 11) is 0. The number of hydrogen-bond acceptors (Lipinski definition) is 2. The molecule has 0 saturated heterocycles. The molecule has 0 amide bonds. The Morgan fingerprint density at radius 3 is 2.56 bits per heavy atom. The zero-order chi connectivity index (χ0) is 12.8. The average Bonchev–Trinajstić information content (AvgIpc) is 2.31. The van der Waals surface area contributed by atoms with Gasteiger partial charge in [0.2, 0.25) is 0 Å². The molecule has 0 aromatic heterocycles. The van der Waals surface area contributed by atoms with Gasteiger partial charge in [-0.3, -0.25) is 0 Å². The molecule has 2 N–H and O–H groups in total. The molecule has 0 saturated carbocycles. The van der Waals surface area contributed by atoms with Crippen molar-refractivity contribution >= 4 is 24.0 Å². The SMILES string of the molecule is CCCOc1cc(C)c(CC(N)CC)cc1Cl.Cl. The third-order valence-electron chi connectivity index (χ3n) is 2.86. The molecule has 0 fully saturated rings. The standard InChI is InChI=1S/C14H22ClNO.ClH/c1-4-6-17-14-7-10(3)11(9-13(14)15)8-12(16)5-2;/h7,9,12H,4-6,8,16H2,1-3H3;1H. The fourth-order valence-corrected chi connectivity index (χ4v) is 1.91. The fourth-order valence-electron chi connectivity index (χ4n) is 1.67. The predicted octanol–water partition coefficient (Wildman–Crippen LogP) is 4.14. The maximum Gasteiger partial charge on any atom is 0.138 e. The van der Waals surface area contributed by atoms with E-state index in [0.717, 1.165) is 25.0 Å². The topological polar surface area (TPSA) is 35.2 Å². The van der Waals surface area contributed by atoms with Crippen LogP contribution in [0.5, 0.6) is 5.75 Å². The minimum absolute atomic E-state index is 0. The molecule has 0 spiro atoms. The first-order valence-electron chi connectivity index (χ1n) is 6.25. The van der Waals surface area contributed by atoms with E-state index in [0.29, 0.717) is 11.6 Å². The molecule has 0 aliphatic carbocycles. The monoisotopic (exact) mass is 291 g/mol. The fraction of sp³-hybridized carbons (Fsp3) is 0.571. The number of nitrogens with two attached hydrogens (primary N) is 1. The first kappa shape index (κ1) is 17.6. The molecule has 18 heavy (non-hydrogen) atoms. The van der Waals surface area contributed by atoms with Crippen molar-refractivity contribution in [1.82, 2.24) is 0 Å². The Morgan fingerprint density at radius 2 is 2.00 bits per heavy atom. The van der Waals surface area contributed by atoms with Crippen LogP contribution in [-0.4, -0.2) is 12.6 Å². The van der Waals surface area contributed by atoms with Crippen molar-refractivity contribution in [3.05, 3.63) is 28.3 Å². The van der Waals surface area contributed by atoms with E-state index in [4.69, 9.17) is 22.1 Å². The number of rotatable bonds is 6. The lowest BCUT2D eigenvalue weighted by molar-refractivity contribution is 0.317. The van der Waals surface area contributed by atoms with Gasteiger partial charge in [-0.25, -0.2) is 0 Å². The summed E-state index contributed by atoms with van der Waals surface area (Å²) in [5, 5.41) is 0.683. The maximum absolute atomic E-state index is 6.20. The van der Waals surface area contributed by atoms with Gasteiger partial charge in [-0.15, -0.1) is 12.4 Å². The highest BCUT2D eigenvalue weighted by Crippen LogP contribution is 2.29. The summed E-state index contributed by atoms with van der Waals surface area (Å²) >= 11 is 6.20. The van der Waals surface area contributed by atoms with Gasteiger partial charge in [-0.1, -0.05) is 25.4 Å². The molecule has 0 bridgehead atoms. The van der Waals surface area contributed by atoms with Crippen molar-refractivity contribution < 1.29 is 4.74 Å². The molecule has 1 aromatic carbocycles.